The van der Waals surface area contributed by atoms with Gasteiger partial charge in [0, 0.05) is 0 Å². The van der Waals surface area contributed by atoms with Crippen molar-refractivity contribution >= 4 is 6.16 Å². The molecule has 0 aromatic rings. The molecule has 1 unspecified atom stereocenters. The minimum Gasteiger partial charge on any atom is -0.438 e. The van der Waals surface area contributed by atoms with Crippen LogP contribution in [-0.4, -0.2) is 19.4 Å². The van der Waals surface area contributed by atoms with Crippen LogP contribution in [0.4, 0.5) is 4.79 Å². The average Bonchev–Trinajstić information content (AvgIpc) is 2.00. The Morgan fingerprint density at radius 1 is 1.55 bits per heavy atom. The fraction of sp³-hybridized carbons (Fsp3) is 0.875. The van der Waals surface area contributed by atoms with E-state index in [0.717, 1.165) is 19.3 Å². The Hall–Kier alpha value is -0.730. The van der Waals surface area contributed by atoms with E-state index in [-0.39, 0.29) is 6.10 Å². The van der Waals surface area contributed by atoms with Crippen LogP contribution in [0.25, 0.3) is 0 Å². The molecule has 0 aliphatic heterocycles. The molecule has 0 bridgehead atoms. The second-order valence-electron chi connectivity index (χ2n) is 2.52. The highest BCUT2D eigenvalue weighted by atomic mass is 16.7. The molecule has 11 heavy (non-hydrogen) atoms. The van der Waals surface area contributed by atoms with Crippen molar-refractivity contribution < 1.29 is 14.3 Å². The van der Waals surface area contributed by atoms with Crippen LogP contribution in [0.1, 0.15) is 33.1 Å². The Bertz CT molecular complexity index is 112. The zero-order chi connectivity index (χ0) is 8.69. The molecule has 0 aromatic heterocycles. The smallest absolute Gasteiger partial charge is 0.438 e. The number of carbonyl (C=O) groups is 1. The summed E-state index contributed by atoms with van der Waals surface area (Å²) < 4.78 is 9.18. The minimum atomic E-state index is -0.589. The van der Waals surface area contributed by atoms with Gasteiger partial charge in [0.2, 0.25) is 0 Å². The third-order valence-corrected chi connectivity index (χ3v) is 1.43. The molecule has 3 nitrogen and oxygen atoms in total. The zero-order valence-electron chi connectivity index (χ0n) is 7.42. The fourth-order valence-corrected chi connectivity index (χ4v) is 0.763. The summed E-state index contributed by atoms with van der Waals surface area (Å²) in [4.78, 5) is 10.5. The number of hydrogen-bond acceptors (Lipinski definition) is 3. The van der Waals surface area contributed by atoms with Crippen molar-refractivity contribution in [3.63, 3.8) is 0 Å². The summed E-state index contributed by atoms with van der Waals surface area (Å²) in [5, 5.41) is 0. The Balaban J connectivity index is 3.35. The first-order valence-electron chi connectivity index (χ1n) is 3.95. The molecule has 0 aliphatic rings. The molecule has 1 atom stereocenters. The van der Waals surface area contributed by atoms with E-state index in [1.807, 2.05) is 6.92 Å². The quantitative estimate of drug-likeness (QED) is 0.592. The summed E-state index contributed by atoms with van der Waals surface area (Å²) in [6.07, 6.45) is 2.49. The van der Waals surface area contributed by atoms with Gasteiger partial charge >= 0.3 is 6.16 Å². The van der Waals surface area contributed by atoms with Gasteiger partial charge in [0.15, 0.2) is 0 Å². The van der Waals surface area contributed by atoms with E-state index in [9.17, 15) is 4.79 Å². The fourth-order valence-electron chi connectivity index (χ4n) is 0.763. The molecule has 0 rings (SSSR count). The monoisotopic (exact) mass is 160 g/mol. The van der Waals surface area contributed by atoms with Crippen LogP contribution in [0, 0.1) is 0 Å². The van der Waals surface area contributed by atoms with Crippen molar-refractivity contribution in [1.29, 1.82) is 0 Å². The maximum absolute atomic E-state index is 10.5. The Labute approximate surface area is 67.7 Å². The lowest BCUT2D eigenvalue weighted by Crippen LogP contribution is -2.14. The molecular weight excluding hydrogens is 144 g/mol. The number of carbonyl (C=O) groups excluding carboxylic acids is 1. The van der Waals surface area contributed by atoms with Crippen LogP contribution >= 0.6 is 0 Å². The van der Waals surface area contributed by atoms with E-state index in [4.69, 9.17) is 4.74 Å². The van der Waals surface area contributed by atoms with Crippen LogP contribution in [0.15, 0.2) is 0 Å². The number of rotatable bonds is 4. The maximum Gasteiger partial charge on any atom is 0.508 e. The van der Waals surface area contributed by atoms with Crippen molar-refractivity contribution in [1.82, 2.24) is 0 Å². The highest BCUT2D eigenvalue weighted by Gasteiger charge is 2.07. The van der Waals surface area contributed by atoms with Gasteiger partial charge in [0.25, 0.3) is 0 Å². The summed E-state index contributed by atoms with van der Waals surface area (Å²) in [6.45, 7) is 3.97. The second-order valence-corrected chi connectivity index (χ2v) is 2.52. The van der Waals surface area contributed by atoms with Crippen LogP contribution in [0.5, 0.6) is 0 Å². The summed E-state index contributed by atoms with van der Waals surface area (Å²) in [5.41, 5.74) is 0. The van der Waals surface area contributed by atoms with Gasteiger partial charge in [-0.2, -0.15) is 0 Å². The van der Waals surface area contributed by atoms with Crippen LogP contribution in [0.3, 0.4) is 0 Å². The van der Waals surface area contributed by atoms with E-state index in [1.165, 1.54) is 7.11 Å². The third-order valence-electron chi connectivity index (χ3n) is 1.43. The van der Waals surface area contributed by atoms with Gasteiger partial charge < -0.3 is 9.47 Å². The molecular formula is C8H16O3. The van der Waals surface area contributed by atoms with Crippen LogP contribution in [0.2, 0.25) is 0 Å². The van der Waals surface area contributed by atoms with Gasteiger partial charge in [-0.25, -0.2) is 4.79 Å². The van der Waals surface area contributed by atoms with E-state index in [0.29, 0.717) is 0 Å². The molecule has 0 spiro atoms. The van der Waals surface area contributed by atoms with E-state index in [1.54, 1.807) is 0 Å². The SMILES string of the molecule is CCCCC(C)OC(=O)OC. The van der Waals surface area contributed by atoms with Crippen molar-refractivity contribution in [2.45, 2.75) is 39.2 Å². The molecule has 0 aliphatic carbocycles. The Morgan fingerprint density at radius 3 is 2.64 bits per heavy atom. The van der Waals surface area contributed by atoms with Gasteiger partial charge in [-0.15, -0.1) is 0 Å². The average molecular weight is 160 g/mol. The van der Waals surface area contributed by atoms with Crippen LogP contribution in [-0.2, 0) is 9.47 Å². The molecule has 0 aromatic carbocycles. The summed E-state index contributed by atoms with van der Waals surface area (Å²) in [5.74, 6) is 0. The summed E-state index contributed by atoms with van der Waals surface area (Å²) in [6, 6.07) is 0. The first-order valence-corrected chi connectivity index (χ1v) is 3.95. The summed E-state index contributed by atoms with van der Waals surface area (Å²) in [7, 11) is 1.31. The number of hydrogen-bond donors (Lipinski definition) is 0. The van der Waals surface area contributed by atoms with Gasteiger partial charge in [0.1, 0.15) is 6.10 Å². The first kappa shape index (κ1) is 10.3. The lowest BCUT2D eigenvalue weighted by atomic mass is 10.2. The van der Waals surface area contributed by atoms with Gasteiger partial charge in [-0.05, 0) is 13.3 Å². The lowest BCUT2D eigenvalue weighted by molar-refractivity contribution is 0.0399. The molecule has 0 radical (unpaired) electrons. The third kappa shape index (κ3) is 5.70. The minimum absolute atomic E-state index is 0.0256. The predicted molar refractivity (Wildman–Crippen MR) is 42.5 cm³/mol. The normalized spacial score (nSPS) is 12.3. The molecule has 0 N–H and O–H groups in total. The Kier molecular flexibility index (Phi) is 5.61. The van der Waals surface area contributed by atoms with Crippen molar-refractivity contribution in [2.24, 2.45) is 0 Å². The van der Waals surface area contributed by atoms with Crippen molar-refractivity contribution in [3.8, 4) is 0 Å². The van der Waals surface area contributed by atoms with Crippen molar-refractivity contribution in [2.75, 3.05) is 7.11 Å². The molecule has 0 saturated carbocycles. The largest absolute Gasteiger partial charge is 0.508 e. The molecule has 0 heterocycles. The number of ether oxygens (including phenoxy) is 2. The molecule has 0 fully saturated rings. The first-order chi connectivity index (χ1) is 5.20. The topological polar surface area (TPSA) is 35.5 Å². The van der Waals surface area contributed by atoms with Gasteiger partial charge in [-0.3, -0.25) is 0 Å². The number of methoxy groups -OCH3 is 1. The molecule has 3 heteroatoms. The maximum atomic E-state index is 10.5. The predicted octanol–water partition coefficient (Wildman–Crippen LogP) is 2.35. The van der Waals surface area contributed by atoms with E-state index >= 15 is 0 Å². The van der Waals surface area contributed by atoms with Crippen LogP contribution < -0.4 is 0 Å². The van der Waals surface area contributed by atoms with Gasteiger partial charge in [-0.1, -0.05) is 19.8 Å². The molecule has 0 amide bonds. The number of unbranched alkanes of at least 4 members (excludes halogenated alkanes) is 1. The molecule has 66 valence electrons. The van der Waals surface area contributed by atoms with E-state index in [2.05, 4.69) is 11.7 Å². The molecule has 0 saturated heterocycles. The second kappa shape index (κ2) is 6.01. The van der Waals surface area contributed by atoms with Gasteiger partial charge in [0.05, 0.1) is 7.11 Å². The highest BCUT2D eigenvalue weighted by molar-refractivity contribution is 5.59. The van der Waals surface area contributed by atoms with E-state index < -0.39 is 6.16 Å². The lowest BCUT2D eigenvalue weighted by Gasteiger charge is -2.10. The summed E-state index contributed by atoms with van der Waals surface area (Å²) >= 11 is 0. The standard InChI is InChI=1S/C8H16O3/c1-4-5-6-7(2)11-8(9)10-3/h7H,4-6H2,1-3H3. The Morgan fingerprint density at radius 2 is 2.18 bits per heavy atom. The van der Waals surface area contributed by atoms with Crippen molar-refractivity contribution in [3.05, 3.63) is 0 Å². The highest BCUT2D eigenvalue weighted by Crippen LogP contribution is 2.04. The zero-order valence-corrected chi connectivity index (χ0v) is 7.42.